The summed E-state index contributed by atoms with van der Waals surface area (Å²) in [6.45, 7) is 4.28. The van der Waals surface area contributed by atoms with Gasteiger partial charge in [0.05, 0.1) is 6.21 Å². The molecule has 8 heteroatoms. The Labute approximate surface area is 203 Å². The summed E-state index contributed by atoms with van der Waals surface area (Å²) in [7, 11) is 0. The second-order valence-corrected chi connectivity index (χ2v) is 7.72. The molecule has 0 aliphatic carbocycles. The number of furan rings is 1. The smallest absolute Gasteiger partial charge is 0.307 e. The van der Waals surface area contributed by atoms with E-state index in [1.165, 1.54) is 17.6 Å². The maximum Gasteiger partial charge on any atom is 0.307 e. The number of nitriles is 1. The average Bonchev–Trinajstić information content (AvgIpc) is 3.48. The van der Waals surface area contributed by atoms with Crippen LogP contribution in [0.3, 0.4) is 0 Å². The van der Waals surface area contributed by atoms with Gasteiger partial charge in [0, 0.05) is 17.1 Å². The number of carbonyl (C=O) groups excluding carboxylic acids is 1. The zero-order chi connectivity index (χ0) is 24.6. The van der Waals surface area contributed by atoms with Gasteiger partial charge in [-0.2, -0.15) is 10.4 Å². The number of hydrogen-bond donors (Lipinski definition) is 1. The molecule has 0 saturated heterocycles. The molecule has 0 unspecified atom stereocenters. The summed E-state index contributed by atoms with van der Waals surface area (Å²) in [5.41, 5.74) is 6.54. The molecular weight excluding hydrogens is 444 g/mol. The number of rotatable bonds is 9. The number of hydrogen-bond acceptors (Lipinski definition) is 6. The molecule has 0 fully saturated rings. The van der Waals surface area contributed by atoms with Crippen LogP contribution >= 0.6 is 0 Å². The average molecular weight is 469 g/mol. The van der Waals surface area contributed by atoms with E-state index in [1.807, 2.05) is 30.3 Å². The molecule has 8 nitrogen and oxygen atoms in total. The quantitative estimate of drug-likeness (QED) is 0.277. The zero-order valence-corrected chi connectivity index (χ0v) is 19.4. The van der Waals surface area contributed by atoms with Crippen LogP contribution in [-0.4, -0.2) is 23.3 Å². The van der Waals surface area contributed by atoms with Gasteiger partial charge in [0.25, 0.3) is 0 Å². The Bertz CT molecular complexity index is 1360. The largest absolute Gasteiger partial charge is 0.486 e. The molecular formula is C27H24N4O4. The van der Waals surface area contributed by atoms with Crippen LogP contribution in [0.4, 0.5) is 0 Å². The lowest BCUT2D eigenvalue weighted by atomic mass is 10.2. The molecule has 35 heavy (non-hydrogen) atoms. The summed E-state index contributed by atoms with van der Waals surface area (Å²) >= 11 is 0. The van der Waals surface area contributed by atoms with Gasteiger partial charge in [0.1, 0.15) is 29.9 Å². The molecule has 0 atom stereocenters. The molecule has 0 spiro atoms. The van der Waals surface area contributed by atoms with Crippen LogP contribution in [0.5, 0.6) is 11.5 Å². The molecule has 176 valence electrons. The third-order valence-electron chi connectivity index (χ3n) is 5.17. The van der Waals surface area contributed by atoms with Crippen LogP contribution in [0.15, 0.2) is 82.3 Å². The van der Waals surface area contributed by atoms with Crippen molar-refractivity contribution in [2.24, 2.45) is 5.10 Å². The van der Waals surface area contributed by atoms with Gasteiger partial charge in [-0.3, -0.25) is 4.79 Å². The van der Waals surface area contributed by atoms with Gasteiger partial charge in [0.15, 0.2) is 12.4 Å². The molecule has 4 rings (SSSR count). The van der Waals surface area contributed by atoms with Crippen LogP contribution in [0.2, 0.25) is 0 Å². The maximum atomic E-state index is 12.3. The van der Waals surface area contributed by atoms with Crippen LogP contribution in [0.1, 0.15) is 33.3 Å². The summed E-state index contributed by atoms with van der Waals surface area (Å²) in [5, 5.41) is 12.5. The van der Waals surface area contributed by atoms with Crippen molar-refractivity contribution in [1.29, 1.82) is 5.26 Å². The van der Waals surface area contributed by atoms with Gasteiger partial charge < -0.3 is 18.5 Å². The molecule has 0 aliphatic heterocycles. The van der Waals surface area contributed by atoms with E-state index in [1.54, 1.807) is 36.4 Å². The monoisotopic (exact) mass is 468 g/mol. The van der Waals surface area contributed by atoms with Crippen molar-refractivity contribution in [3.8, 4) is 23.3 Å². The molecule has 2 aromatic heterocycles. The number of aryl methyl sites for hydroxylation is 2. The van der Waals surface area contributed by atoms with E-state index >= 15 is 0 Å². The normalized spacial score (nSPS) is 10.8. The predicted molar refractivity (Wildman–Crippen MR) is 131 cm³/mol. The second kappa shape index (κ2) is 10.9. The van der Waals surface area contributed by atoms with E-state index in [4.69, 9.17) is 19.2 Å². The van der Waals surface area contributed by atoms with Crippen LogP contribution in [-0.2, 0) is 6.61 Å². The Morgan fingerprint density at radius 2 is 1.80 bits per heavy atom. The highest BCUT2D eigenvalue weighted by Gasteiger charge is 2.11. The maximum absolute atomic E-state index is 12.3. The molecule has 1 N–H and O–H groups in total. The summed E-state index contributed by atoms with van der Waals surface area (Å²) in [6.07, 6.45) is 1.48. The number of hydrazone groups is 1. The summed E-state index contributed by atoms with van der Waals surface area (Å²) in [4.78, 5) is 12.3. The number of aromatic nitrogens is 1. The van der Waals surface area contributed by atoms with Gasteiger partial charge in [-0.1, -0.05) is 12.1 Å². The van der Waals surface area contributed by atoms with Crippen molar-refractivity contribution in [1.82, 2.24) is 9.99 Å². The van der Waals surface area contributed by atoms with Crippen molar-refractivity contribution in [3.05, 3.63) is 101 Å². The van der Waals surface area contributed by atoms with Crippen molar-refractivity contribution in [2.75, 3.05) is 6.61 Å². The first-order valence-corrected chi connectivity index (χ1v) is 10.9. The summed E-state index contributed by atoms with van der Waals surface area (Å²) in [5.74, 6) is 1.40. The molecule has 0 radical (unpaired) electrons. The summed E-state index contributed by atoms with van der Waals surface area (Å²) in [6, 6.07) is 24.2. The third-order valence-corrected chi connectivity index (χ3v) is 5.17. The van der Waals surface area contributed by atoms with Gasteiger partial charge in [-0.25, -0.2) is 5.43 Å². The van der Waals surface area contributed by atoms with E-state index in [0.29, 0.717) is 22.8 Å². The van der Waals surface area contributed by atoms with Gasteiger partial charge >= 0.3 is 5.91 Å². The van der Waals surface area contributed by atoms with Crippen LogP contribution < -0.4 is 14.9 Å². The molecule has 2 heterocycles. The van der Waals surface area contributed by atoms with Gasteiger partial charge in [0.2, 0.25) is 0 Å². The predicted octanol–water partition coefficient (Wildman–Crippen LogP) is 4.93. The first kappa shape index (κ1) is 23.4. The van der Waals surface area contributed by atoms with E-state index in [9.17, 15) is 4.79 Å². The first-order chi connectivity index (χ1) is 17.0. The Balaban J connectivity index is 1.29. The standard InChI is InChI=1S/C27H24N4O4/c1-19-6-7-20(2)31(19)22-8-10-23(11-9-22)34-18-25-12-13-26(35-25)27(32)30-29-17-21-4-3-5-24(16-21)33-15-14-28/h3-13,16-17H,15,18H2,1-2H3,(H,30,32)/b29-17+. The Morgan fingerprint density at radius 3 is 2.54 bits per heavy atom. The van der Waals surface area contributed by atoms with Gasteiger partial charge in [-0.05, 0) is 80.1 Å². The van der Waals surface area contributed by atoms with Crippen molar-refractivity contribution < 1.29 is 18.7 Å². The Kier molecular flexibility index (Phi) is 7.28. The number of nitrogens with zero attached hydrogens (tertiary/aromatic N) is 3. The Morgan fingerprint density at radius 1 is 1.03 bits per heavy atom. The minimum Gasteiger partial charge on any atom is -0.486 e. The lowest BCUT2D eigenvalue weighted by molar-refractivity contribution is 0.0923. The minimum absolute atomic E-state index is 0.0413. The highest BCUT2D eigenvalue weighted by atomic mass is 16.5. The van der Waals surface area contributed by atoms with Gasteiger partial charge in [-0.15, -0.1) is 0 Å². The summed E-state index contributed by atoms with van der Waals surface area (Å²) < 4.78 is 18.8. The van der Waals surface area contributed by atoms with Crippen molar-refractivity contribution in [3.63, 3.8) is 0 Å². The van der Waals surface area contributed by atoms with Crippen LogP contribution in [0.25, 0.3) is 5.69 Å². The molecule has 0 bridgehead atoms. The van der Waals surface area contributed by atoms with E-state index in [-0.39, 0.29) is 19.0 Å². The zero-order valence-electron chi connectivity index (χ0n) is 19.4. The van der Waals surface area contributed by atoms with Crippen LogP contribution in [0, 0.1) is 25.2 Å². The Hall–Kier alpha value is -4.77. The fraction of sp³-hybridized carbons (Fsp3) is 0.148. The van der Waals surface area contributed by atoms with E-state index < -0.39 is 5.91 Å². The van der Waals surface area contributed by atoms with Crippen molar-refractivity contribution >= 4 is 12.1 Å². The number of amides is 1. The highest BCUT2D eigenvalue weighted by Crippen LogP contribution is 2.21. The fourth-order valence-electron chi connectivity index (χ4n) is 3.52. The number of benzene rings is 2. The fourth-order valence-corrected chi connectivity index (χ4v) is 3.52. The topological polar surface area (TPSA) is 102 Å². The van der Waals surface area contributed by atoms with E-state index in [2.05, 4.69) is 41.1 Å². The second-order valence-electron chi connectivity index (χ2n) is 7.72. The number of ether oxygens (including phenoxy) is 2. The first-order valence-electron chi connectivity index (χ1n) is 10.9. The molecule has 4 aromatic rings. The lowest BCUT2D eigenvalue weighted by Crippen LogP contribution is -2.16. The molecule has 2 aromatic carbocycles. The minimum atomic E-state index is -0.480. The SMILES string of the molecule is Cc1ccc(C)n1-c1ccc(OCc2ccc(C(=O)N/N=C/c3cccc(OCC#N)c3)o2)cc1. The van der Waals surface area contributed by atoms with E-state index in [0.717, 1.165) is 5.69 Å². The molecule has 1 amide bonds. The number of carbonyl (C=O) groups is 1. The lowest BCUT2D eigenvalue weighted by Gasteiger charge is -2.10. The highest BCUT2D eigenvalue weighted by molar-refractivity contribution is 5.92. The molecule has 0 saturated carbocycles. The molecule has 0 aliphatic rings. The third kappa shape index (κ3) is 5.97. The number of nitrogens with one attached hydrogen (secondary N) is 1. The van der Waals surface area contributed by atoms with Crippen molar-refractivity contribution in [2.45, 2.75) is 20.5 Å².